The van der Waals surface area contributed by atoms with Crippen LogP contribution >= 0.6 is 27.3 Å². The maximum atomic E-state index is 12.1. The number of fused-ring (bicyclic) bond motifs is 1. The molecule has 0 bridgehead atoms. The van der Waals surface area contributed by atoms with Crippen LogP contribution in [0.25, 0.3) is 0 Å². The Morgan fingerprint density at radius 3 is 2.74 bits per heavy atom. The van der Waals surface area contributed by atoms with Gasteiger partial charge < -0.3 is 15.0 Å². The Morgan fingerprint density at radius 2 is 2.00 bits per heavy atom. The van der Waals surface area contributed by atoms with Crippen molar-refractivity contribution in [2.45, 2.75) is 12.3 Å². The maximum Gasteiger partial charge on any atom is 0.226 e. The molecule has 4 rings (SSSR count). The smallest absolute Gasteiger partial charge is 0.226 e. The number of ether oxygens (including phenoxy) is 1. The molecule has 1 atom stereocenters. The van der Waals surface area contributed by atoms with Gasteiger partial charge in [0.1, 0.15) is 5.82 Å². The summed E-state index contributed by atoms with van der Waals surface area (Å²) in [5.41, 5.74) is 1.15. The van der Waals surface area contributed by atoms with Gasteiger partial charge in [0.05, 0.1) is 18.1 Å². The van der Waals surface area contributed by atoms with E-state index in [4.69, 9.17) is 4.74 Å². The normalized spacial score (nSPS) is 21.0. The first-order chi connectivity index (χ1) is 11.2. The molecule has 23 heavy (non-hydrogen) atoms. The number of aromatic nitrogens is 1. The molecule has 5 nitrogen and oxygen atoms in total. The van der Waals surface area contributed by atoms with Crippen LogP contribution in [0.2, 0.25) is 0 Å². The lowest BCUT2D eigenvalue weighted by Gasteiger charge is -2.26. The third kappa shape index (κ3) is 3.00. The molecular formula is C16H16BrN3O2S. The number of nitrogens with zero attached hydrogens (tertiary/aromatic N) is 2. The predicted octanol–water partition coefficient (Wildman–Crippen LogP) is 3.22. The van der Waals surface area contributed by atoms with Crippen molar-refractivity contribution >= 4 is 44.1 Å². The van der Waals surface area contributed by atoms with Crippen LogP contribution in [0, 0.1) is 0 Å². The first kappa shape index (κ1) is 15.1. The molecule has 1 N–H and O–H groups in total. The lowest BCUT2D eigenvalue weighted by molar-refractivity contribution is -0.116. The Balaban J connectivity index is 1.69. The molecule has 0 unspecified atom stereocenters. The van der Waals surface area contributed by atoms with Gasteiger partial charge in [0.15, 0.2) is 5.13 Å². The summed E-state index contributed by atoms with van der Waals surface area (Å²) in [7, 11) is 0. The van der Waals surface area contributed by atoms with Crippen LogP contribution in [0.5, 0.6) is 0 Å². The topological polar surface area (TPSA) is 54.5 Å². The third-order valence-electron chi connectivity index (χ3n) is 4.16. The van der Waals surface area contributed by atoms with Crippen molar-refractivity contribution < 1.29 is 9.53 Å². The Hall–Kier alpha value is -1.44. The fourth-order valence-electron chi connectivity index (χ4n) is 2.96. The van der Waals surface area contributed by atoms with E-state index in [1.807, 2.05) is 12.1 Å². The minimum Gasteiger partial charge on any atom is -0.378 e. The molecular weight excluding hydrogens is 378 g/mol. The highest BCUT2D eigenvalue weighted by Gasteiger charge is 2.31. The number of rotatable bonds is 2. The zero-order chi connectivity index (χ0) is 15.8. The van der Waals surface area contributed by atoms with Crippen LogP contribution in [-0.2, 0) is 9.53 Å². The number of nitrogens with one attached hydrogen (secondary N) is 1. The van der Waals surface area contributed by atoms with E-state index in [-0.39, 0.29) is 11.8 Å². The molecule has 1 aromatic heterocycles. The predicted molar refractivity (Wildman–Crippen MR) is 94.4 cm³/mol. The van der Waals surface area contributed by atoms with Gasteiger partial charge in [0, 0.05) is 29.9 Å². The lowest BCUT2D eigenvalue weighted by atomic mass is 9.92. The zero-order valence-corrected chi connectivity index (χ0v) is 14.8. The average Bonchev–Trinajstić information content (AvgIpc) is 2.99. The fraction of sp³-hybridized carbons (Fsp3) is 0.375. The van der Waals surface area contributed by atoms with Crippen molar-refractivity contribution in [3.63, 3.8) is 0 Å². The summed E-state index contributed by atoms with van der Waals surface area (Å²) in [6, 6.07) is 8.19. The van der Waals surface area contributed by atoms with Crippen LogP contribution in [0.15, 0.2) is 28.7 Å². The van der Waals surface area contributed by atoms with Crippen LogP contribution in [0.3, 0.4) is 0 Å². The number of carbonyl (C=O) groups excluding carboxylic acids is 1. The summed E-state index contributed by atoms with van der Waals surface area (Å²) < 4.78 is 6.44. The molecule has 2 aromatic rings. The molecule has 2 aliphatic heterocycles. The minimum absolute atomic E-state index is 0.0317. The molecule has 0 saturated carbocycles. The standard InChI is InChI=1S/C16H16BrN3O2S/c17-11-3-1-10(2-4-11)12-9-13(21)18-15-14(12)23-16(19-15)20-5-7-22-8-6-20/h1-4,12H,5-9H2,(H,18,21)/t12-/m1/s1. The summed E-state index contributed by atoms with van der Waals surface area (Å²) in [5.74, 6) is 0.837. The lowest BCUT2D eigenvalue weighted by Crippen LogP contribution is -2.36. The molecule has 1 fully saturated rings. The van der Waals surface area contributed by atoms with E-state index in [2.05, 4.69) is 43.3 Å². The van der Waals surface area contributed by atoms with Crippen LogP contribution in [-0.4, -0.2) is 37.2 Å². The molecule has 120 valence electrons. The summed E-state index contributed by atoms with van der Waals surface area (Å²) >= 11 is 5.15. The van der Waals surface area contributed by atoms with Crippen molar-refractivity contribution in [1.82, 2.24) is 4.98 Å². The SMILES string of the molecule is O=C1C[C@H](c2ccc(Br)cc2)c2sc(N3CCOCC3)nc2N1. The van der Waals surface area contributed by atoms with Gasteiger partial charge in [0.2, 0.25) is 5.91 Å². The van der Waals surface area contributed by atoms with Gasteiger partial charge in [-0.15, -0.1) is 0 Å². The number of morpholine rings is 1. The second-order valence-corrected chi connectivity index (χ2v) is 7.59. The van der Waals surface area contributed by atoms with Crippen molar-refractivity contribution in [2.24, 2.45) is 0 Å². The highest BCUT2D eigenvalue weighted by Crippen LogP contribution is 2.43. The molecule has 0 spiro atoms. The number of anilines is 2. The minimum atomic E-state index is 0.0317. The van der Waals surface area contributed by atoms with E-state index >= 15 is 0 Å². The number of carbonyl (C=O) groups is 1. The van der Waals surface area contributed by atoms with Gasteiger partial charge in [-0.2, -0.15) is 0 Å². The molecule has 0 aliphatic carbocycles. The molecule has 1 saturated heterocycles. The van der Waals surface area contributed by atoms with Gasteiger partial charge in [0.25, 0.3) is 0 Å². The number of benzene rings is 1. The Bertz CT molecular complexity index is 725. The molecule has 3 heterocycles. The second kappa shape index (κ2) is 6.22. The number of amides is 1. The third-order valence-corrected chi connectivity index (χ3v) is 5.92. The largest absolute Gasteiger partial charge is 0.378 e. The van der Waals surface area contributed by atoms with Crippen molar-refractivity contribution in [2.75, 3.05) is 36.5 Å². The zero-order valence-electron chi connectivity index (χ0n) is 12.4. The average molecular weight is 394 g/mol. The van der Waals surface area contributed by atoms with E-state index in [9.17, 15) is 4.79 Å². The van der Waals surface area contributed by atoms with Crippen molar-refractivity contribution in [3.8, 4) is 0 Å². The molecule has 2 aliphatic rings. The van der Waals surface area contributed by atoms with E-state index in [1.54, 1.807) is 11.3 Å². The summed E-state index contributed by atoms with van der Waals surface area (Å²) in [4.78, 5) is 20.1. The highest BCUT2D eigenvalue weighted by atomic mass is 79.9. The fourth-order valence-corrected chi connectivity index (χ4v) is 4.43. The number of hydrogen-bond acceptors (Lipinski definition) is 5. The first-order valence-corrected chi connectivity index (χ1v) is 9.20. The van der Waals surface area contributed by atoms with E-state index in [0.29, 0.717) is 6.42 Å². The van der Waals surface area contributed by atoms with Crippen molar-refractivity contribution in [3.05, 3.63) is 39.2 Å². The number of hydrogen-bond donors (Lipinski definition) is 1. The Morgan fingerprint density at radius 1 is 1.26 bits per heavy atom. The van der Waals surface area contributed by atoms with Gasteiger partial charge >= 0.3 is 0 Å². The maximum absolute atomic E-state index is 12.1. The van der Waals surface area contributed by atoms with Gasteiger partial charge in [-0.05, 0) is 17.7 Å². The van der Waals surface area contributed by atoms with Crippen molar-refractivity contribution in [1.29, 1.82) is 0 Å². The number of halogens is 1. The van der Waals surface area contributed by atoms with E-state index < -0.39 is 0 Å². The number of thiazole rings is 1. The summed E-state index contributed by atoms with van der Waals surface area (Å²) in [5, 5.41) is 3.90. The van der Waals surface area contributed by atoms with Gasteiger partial charge in [-0.1, -0.05) is 39.4 Å². The van der Waals surface area contributed by atoms with Gasteiger partial charge in [-0.3, -0.25) is 4.79 Å². The summed E-state index contributed by atoms with van der Waals surface area (Å²) in [6.07, 6.45) is 0.472. The van der Waals surface area contributed by atoms with Crippen LogP contribution in [0.1, 0.15) is 22.8 Å². The second-order valence-electron chi connectivity index (χ2n) is 5.67. The van der Waals surface area contributed by atoms with E-state index in [0.717, 1.165) is 52.2 Å². The molecule has 0 radical (unpaired) electrons. The van der Waals surface area contributed by atoms with E-state index in [1.165, 1.54) is 0 Å². The van der Waals surface area contributed by atoms with Gasteiger partial charge in [-0.25, -0.2) is 4.98 Å². The molecule has 1 aromatic carbocycles. The Kier molecular flexibility index (Phi) is 4.09. The van der Waals surface area contributed by atoms with Crippen LogP contribution < -0.4 is 10.2 Å². The monoisotopic (exact) mass is 393 g/mol. The van der Waals surface area contributed by atoms with Crippen LogP contribution in [0.4, 0.5) is 10.9 Å². The Labute approximate surface area is 146 Å². The highest BCUT2D eigenvalue weighted by molar-refractivity contribution is 9.10. The quantitative estimate of drug-likeness (QED) is 0.850. The molecule has 7 heteroatoms. The molecule has 1 amide bonds. The summed E-state index contributed by atoms with van der Waals surface area (Å²) in [6.45, 7) is 3.16. The first-order valence-electron chi connectivity index (χ1n) is 7.59.